The molecule has 0 aliphatic heterocycles. The first-order chi connectivity index (χ1) is 7.87. The third kappa shape index (κ3) is 3.56. The summed E-state index contributed by atoms with van der Waals surface area (Å²) in [5, 5.41) is 0. The minimum atomic E-state index is -3.10. The molecule has 1 rings (SSSR count). The fourth-order valence-electron chi connectivity index (χ4n) is 1.48. The third-order valence-corrected chi connectivity index (χ3v) is 4.46. The standard InChI is InChI=1S/C12H17NO3S/c1-3-17(15,16)8-7-12(14)10-5-4-6-11(13)9(10)2/h4-6H,3,7-8,13H2,1-2H3. The van der Waals surface area contributed by atoms with E-state index in [0.717, 1.165) is 0 Å². The van der Waals surface area contributed by atoms with Crippen LogP contribution in [0.5, 0.6) is 0 Å². The maximum absolute atomic E-state index is 11.9. The number of hydrogen-bond acceptors (Lipinski definition) is 4. The highest BCUT2D eigenvalue weighted by molar-refractivity contribution is 7.91. The first-order valence-electron chi connectivity index (χ1n) is 5.46. The molecule has 0 fully saturated rings. The van der Waals surface area contributed by atoms with E-state index in [4.69, 9.17) is 5.73 Å². The van der Waals surface area contributed by atoms with Crippen LogP contribution < -0.4 is 5.73 Å². The van der Waals surface area contributed by atoms with Gasteiger partial charge in [0.1, 0.15) is 9.84 Å². The Hall–Kier alpha value is -1.36. The molecule has 17 heavy (non-hydrogen) atoms. The summed E-state index contributed by atoms with van der Waals surface area (Å²) in [7, 11) is -3.10. The van der Waals surface area contributed by atoms with Gasteiger partial charge in [-0.1, -0.05) is 19.1 Å². The molecule has 4 nitrogen and oxygen atoms in total. The van der Waals surface area contributed by atoms with Gasteiger partial charge in [0.15, 0.2) is 5.78 Å². The average Bonchev–Trinajstić information content (AvgIpc) is 2.30. The summed E-state index contributed by atoms with van der Waals surface area (Å²) >= 11 is 0. The number of nitrogens with two attached hydrogens (primary N) is 1. The lowest BCUT2D eigenvalue weighted by Crippen LogP contribution is -2.14. The van der Waals surface area contributed by atoms with Crippen LogP contribution >= 0.6 is 0 Å². The van der Waals surface area contributed by atoms with E-state index in [2.05, 4.69) is 0 Å². The van der Waals surface area contributed by atoms with E-state index in [1.807, 2.05) is 0 Å². The van der Waals surface area contributed by atoms with Crippen molar-refractivity contribution < 1.29 is 13.2 Å². The lowest BCUT2D eigenvalue weighted by molar-refractivity contribution is 0.0988. The van der Waals surface area contributed by atoms with Gasteiger partial charge in [0, 0.05) is 23.4 Å². The zero-order chi connectivity index (χ0) is 13.1. The molecule has 0 atom stereocenters. The van der Waals surface area contributed by atoms with Gasteiger partial charge in [0.05, 0.1) is 5.75 Å². The second-order valence-electron chi connectivity index (χ2n) is 3.93. The van der Waals surface area contributed by atoms with Crippen molar-refractivity contribution in [2.75, 3.05) is 17.2 Å². The molecule has 1 aromatic rings. The third-order valence-electron chi connectivity index (χ3n) is 2.76. The van der Waals surface area contributed by atoms with Gasteiger partial charge in [0.25, 0.3) is 0 Å². The second-order valence-corrected chi connectivity index (χ2v) is 6.40. The van der Waals surface area contributed by atoms with E-state index in [-0.39, 0.29) is 23.7 Å². The normalized spacial score (nSPS) is 11.4. The number of ketones is 1. The van der Waals surface area contributed by atoms with Crippen LogP contribution in [0.1, 0.15) is 29.3 Å². The molecule has 0 unspecified atom stereocenters. The molecule has 0 saturated carbocycles. The first-order valence-corrected chi connectivity index (χ1v) is 7.28. The van der Waals surface area contributed by atoms with Crippen LogP contribution in [0, 0.1) is 6.92 Å². The van der Waals surface area contributed by atoms with E-state index in [0.29, 0.717) is 16.8 Å². The Morgan fingerprint density at radius 3 is 2.59 bits per heavy atom. The van der Waals surface area contributed by atoms with E-state index >= 15 is 0 Å². The summed E-state index contributed by atoms with van der Waals surface area (Å²) in [5.41, 5.74) is 7.47. The highest BCUT2D eigenvalue weighted by Crippen LogP contribution is 2.17. The van der Waals surface area contributed by atoms with Crippen LogP contribution in [0.15, 0.2) is 18.2 Å². The minimum Gasteiger partial charge on any atom is -0.398 e. The Labute approximate surface area is 102 Å². The van der Waals surface area contributed by atoms with Crippen LogP contribution in [-0.2, 0) is 9.84 Å². The molecule has 0 aliphatic carbocycles. The quantitative estimate of drug-likeness (QED) is 0.640. The summed E-state index contributed by atoms with van der Waals surface area (Å²) < 4.78 is 22.6. The number of carbonyl (C=O) groups is 1. The van der Waals surface area contributed by atoms with Gasteiger partial charge in [-0.25, -0.2) is 8.42 Å². The molecule has 0 saturated heterocycles. The second kappa shape index (κ2) is 5.31. The van der Waals surface area contributed by atoms with Gasteiger partial charge in [0.2, 0.25) is 0 Å². The van der Waals surface area contributed by atoms with E-state index in [1.165, 1.54) is 0 Å². The van der Waals surface area contributed by atoms with E-state index < -0.39 is 9.84 Å². The topological polar surface area (TPSA) is 77.2 Å². The minimum absolute atomic E-state index is 0.0144. The fourth-order valence-corrected chi connectivity index (χ4v) is 2.27. The molecule has 0 bridgehead atoms. The molecule has 0 heterocycles. The van der Waals surface area contributed by atoms with Gasteiger partial charge < -0.3 is 5.73 Å². The maximum atomic E-state index is 11.9. The molecular weight excluding hydrogens is 238 g/mol. The Bertz CT molecular complexity index is 521. The number of Topliss-reactive ketones (excluding diaryl/α,β-unsaturated/α-hetero) is 1. The van der Waals surface area contributed by atoms with Crippen LogP contribution in [-0.4, -0.2) is 25.7 Å². The van der Waals surface area contributed by atoms with Gasteiger partial charge in [-0.15, -0.1) is 0 Å². The predicted molar refractivity (Wildman–Crippen MR) is 68.9 cm³/mol. The molecule has 0 aromatic heterocycles. The van der Waals surface area contributed by atoms with Crippen LogP contribution in [0.25, 0.3) is 0 Å². The van der Waals surface area contributed by atoms with E-state index in [9.17, 15) is 13.2 Å². The number of hydrogen-bond donors (Lipinski definition) is 1. The van der Waals surface area contributed by atoms with Crippen LogP contribution in [0.4, 0.5) is 5.69 Å². The maximum Gasteiger partial charge on any atom is 0.164 e. The zero-order valence-corrected chi connectivity index (χ0v) is 10.9. The highest BCUT2D eigenvalue weighted by atomic mass is 32.2. The Kier molecular flexibility index (Phi) is 4.28. The summed E-state index contributed by atoms with van der Waals surface area (Å²) in [5.74, 6) is -0.209. The van der Waals surface area contributed by atoms with Crippen molar-refractivity contribution in [2.45, 2.75) is 20.3 Å². The SMILES string of the molecule is CCS(=O)(=O)CCC(=O)c1cccc(N)c1C. The molecule has 2 N–H and O–H groups in total. The lowest BCUT2D eigenvalue weighted by Gasteiger charge is -2.07. The van der Waals surface area contributed by atoms with Crippen molar-refractivity contribution in [2.24, 2.45) is 0 Å². The number of carbonyl (C=O) groups excluding carboxylic acids is 1. The Morgan fingerprint density at radius 1 is 1.35 bits per heavy atom. The van der Waals surface area contributed by atoms with Crippen molar-refractivity contribution in [3.8, 4) is 0 Å². The monoisotopic (exact) mass is 255 g/mol. The van der Waals surface area contributed by atoms with Gasteiger partial charge in [-0.05, 0) is 18.6 Å². The number of nitrogen functional groups attached to an aromatic ring is 1. The molecule has 0 radical (unpaired) electrons. The van der Waals surface area contributed by atoms with Gasteiger partial charge >= 0.3 is 0 Å². The molecule has 0 spiro atoms. The number of sulfone groups is 1. The fraction of sp³-hybridized carbons (Fsp3) is 0.417. The molecule has 5 heteroatoms. The van der Waals surface area contributed by atoms with Gasteiger partial charge in [-0.3, -0.25) is 4.79 Å². The van der Waals surface area contributed by atoms with E-state index in [1.54, 1.807) is 32.0 Å². The summed E-state index contributed by atoms with van der Waals surface area (Å²) in [4.78, 5) is 11.9. The number of rotatable bonds is 5. The summed E-state index contributed by atoms with van der Waals surface area (Å²) in [6.07, 6.45) is 0.0144. The van der Waals surface area contributed by atoms with Crippen molar-refractivity contribution in [1.82, 2.24) is 0 Å². The number of anilines is 1. The first kappa shape index (κ1) is 13.7. The smallest absolute Gasteiger partial charge is 0.164 e. The predicted octanol–water partition coefficient (Wildman–Crippen LogP) is 1.58. The van der Waals surface area contributed by atoms with Gasteiger partial charge in [-0.2, -0.15) is 0 Å². The van der Waals surface area contributed by atoms with Crippen molar-refractivity contribution >= 4 is 21.3 Å². The number of benzene rings is 1. The zero-order valence-electron chi connectivity index (χ0n) is 10.1. The lowest BCUT2D eigenvalue weighted by atomic mass is 10.0. The average molecular weight is 255 g/mol. The highest BCUT2D eigenvalue weighted by Gasteiger charge is 2.14. The Morgan fingerprint density at radius 2 is 2.00 bits per heavy atom. The summed E-state index contributed by atoms with van der Waals surface area (Å²) in [6.45, 7) is 3.34. The molecule has 0 amide bonds. The molecule has 0 aliphatic rings. The molecule has 1 aromatic carbocycles. The van der Waals surface area contributed by atoms with Crippen molar-refractivity contribution in [3.05, 3.63) is 29.3 Å². The molecule has 94 valence electrons. The molecular formula is C12H17NO3S. The Balaban J connectivity index is 2.81. The van der Waals surface area contributed by atoms with Crippen LogP contribution in [0.2, 0.25) is 0 Å². The van der Waals surface area contributed by atoms with Crippen LogP contribution in [0.3, 0.4) is 0 Å². The largest absolute Gasteiger partial charge is 0.398 e. The van der Waals surface area contributed by atoms with Crippen molar-refractivity contribution in [3.63, 3.8) is 0 Å². The van der Waals surface area contributed by atoms with Crippen molar-refractivity contribution in [1.29, 1.82) is 0 Å². The summed E-state index contributed by atoms with van der Waals surface area (Å²) in [6, 6.07) is 5.09.